The molecule has 0 amide bonds. The maximum absolute atomic E-state index is 10.8. The molecule has 1 heterocycles. The van der Waals surface area contributed by atoms with Gasteiger partial charge in [0.05, 0.1) is 16.4 Å². The van der Waals surface area contributed by atoms with E-state index in [1.54, 1.807) is 19.1 Å². The van der Waals surface area contributed by atoms with Crippen molar-refractivity contribution in [1.82, 2.24) is 0 Å². The van der Waals surface area contributed by atoms with Crippen LogP contribution in [0.2, 0.25) is 0 Å². The molecule has 1 aliphatic rings. The molecule has 17 heavy (non-hydrogen) atoms. The molecular weight excluding hydrogens is 224 g/mol. The summed E-state index contributed by atoms with van der Waals surface area (Å²) in [5.74, 6) is -1.18. The Labute approximate surface area is 97.6 Å². The lowest BCUT2D eigenvalue weighted by atomic mass is 9.98. The number of nitrogens with zero attached hydrogens (tertiary/aromatic N) is 2. The number of rotatable bonds is 3. The Kier molecular flexibility index (Phi) is 2.71. The zero-order chi connectivity index (χ0) is 12.6. The summed E-state index contributed by atoms with van der Waals surface area (Å²) in [6, 6.07) is 4.85. The van der Waals surface area contributed by atoms with E-state index in [-0.39, 0.29) is 11.6 Å². The second-order valence-electron chi connectivity index (χ2n) is 4.12. The molecule has 90 valence electrons. The van der Waals surface area contributed by atoms with Crippen molar-refractivity contribution < 1.29 is 14.8 Å². The predicted molar refractivity (Wildman–Crippen MR) is 61.2 cm³/mol. The van der Waals surface area contributed by atoms with Gasteiger partial charge in [-0.25, -0.2) is 0 Å². The minimum Gasteiger partial charge on any atom is -0.481 e. The van der Waals surface area contributed by atoms with E-state index in [1.165, 1.54) is 6.07 Å². The quantitative estimate of drug-likeness (QED) is 0.633. The monoisotopic (exact) mass is 236 g/mol. The Morgan fingerprint density at radius 2 is 2.18 bits per heavy atom. The topological polar surface area (TPSA) is 83.7 Å². The molecule has 0 bridgehead atoms. The summed E-state index contributed by atoms with van der Waals surface area (Å²) < 4.78 is 0. The second kappa shape index (κ2) is 4.04. The Balaban J connectivity index is 2.21. The molecule has 1 aromatic carbocycles. The molecule has 1 fully saturated rings. The van der Waals surface area contributed by atoms with Crippen LogP contribution in [-0.2, 0) is 4.79 Å². The fraction of sp³-hybridized carbons (Fsp3) is 0.364. The summed E-state index contributed by atoms with van der Waals surface area (Å²) in [4.78, 5) is 22.9. The van der Waals surface area contributed by atoms with E-state index < -0.39 is 10.9 Å². The van der Waals surface area contributed by atoms with Gasteiger partial charge in [-0.2, -0.15) is 0 Å². The highest BCUT2D eigenvalue weighted by Crippen LogP contribution is 2.32. The van der Waals surface area contributed by atoms with Gasteiger partial charge in [0.1, 0.15) is 0 Å². The van der Waals surface area contributed by atoms with Crippen molar-refractivity contribution >= 4 is 17.3 Å². The van der Waals surface area contributed by atoms with Crippen molar-refractivity contribution in [1.29, 1.82) is 0 Å². The van der Waals surface area contributed by atoms with Gasteiger partial charge >= 0.3 is 5.97 Å². The summed E-state index contributed by atoms with van der Waals surface area (Å²) in [6.45, 7) is 2.51. The van der Waals surface area contributed by atoms with E-state index in [1.807, 2.05) is 4.90 Å². The molecule has 6 nitrogen and oxygen atoms in total. The van der Waals surface area contributed by atoms with Crippen LogP contribution in [0.3, 0.4) is 0 Å². The van der Waals surface area contributed by atoms with Crippen molar-refractivity contribution in [3.05, 3.63) is 33.9 Å². The summed E-state index contributed by atoms with van der Waals surface area (Å²) in [6.07, 6.45) is 0. The molecule has 0 aromatic heterocycles. The van der Waals surface area contributed by atoms with Crippen LogP contribution < -0.4 is 4.90 Å². The standard InChI is InChI=1S/C11H12N2O4/c1-7-9(3-2-4-10(7)13(16)17)12-5-8(6-12)11(14)15/h2-4,8H,5-6H2,1H3,(H,14,15). The first-order valence-electron chi connectivity index (χ1n) is 5.22. The number of nitro benzene ring substituents is 1. The van der Waals surface area contributed by atoms with E-state index in [0.29, 0.717) is 18.7 Å². The molecule has 2 rings (SSSR count). The number of aliphatic carboxylic acids is 1. The van der Waals surface area contributed by atoms with Crippen LogP contribution in [0, 0.1) is 23.0 Å². The molecule has 1 saturated heterocycles. The number of nitro groups is 1. The van der Waals surface area contributed by atoms with Gasteiger partial charge in [-0.05, 0) is 13.0 Å². The lowest BCUT2D eigenvalue weighted by Gasteiger charge is -2.39. The summed E-state index contributed by atoms with van der Waals surface area (Å²) in [5.41, 5.74) is 1.40. The van der Waals surface area contributed by atoms with Crippen molar-refractivity contribution in [2.45, 2.75) is 6.92 Å². The third kappa shape index (κ3) is 1.93. The smallest absolute Gasteiger partial charge is 0.310 e. The van der Waals surface area contributed by atoms with E-state index >= 15 is 0 Å². The normalized spacial score (nSPS) is 15.5. The SMILES string of the molecule is Cc1c(N2CC(C(=O)O)C2)cccc1[N+](=O)[O-]. The van der Waals surface area contributed by atoms with Gasteiger partial charge in [-0.1, -0.05) is 6.07 Å². The van der Waals surface area contributed by atoms with Crippen LogP contribution in [0.5, 0.6) is 0 Å². The number of carboxylic acid groups (broad SMARTS) is 1. The third-order valence-electron chi connectivity index (χ3n) is 3.04. The van der Waals surface area contributed by atoms with Crippen LogP contribution in [-0.4, -0.2) is 29.1 Å². The highest BCUT2D eigenvalue weighted by molar-refractivity contribution is 5.75. The summed E-state index contributed by atoms with van der Waals surface area (Å²) >= 11 is 0. The highest BCUT2D eigenvalue weighted by atomic mass is 16.6. The van der Waals surface area contributed by atoms with Crippen molar-refractivity contribution in [3.8, 4) is 0 Å². The lowest BCUT2D eigenvalue weighted by molar-refractivity contribution is -0.385. The first-order valence-corrected chi connectivity index (χ1v) is 5.22. The molecule has 0 radical (unpaired) electrons. The number of hydrogen-bond donors (Lipinski definition) is 1. The van der Waals surface area contributed by atoms with Crippen LogP contribution in [0.4, 0.5) is 11.4 Å². The second-order valence-corrected chi connectivity index (χ2v) is 4.12. The predicted octanol–water partition coefficient (Wildman–Crippen LogP) is 1.42. The van der Waals surface area contributed by atoms with Gasteiger partial charge in [0.2, 0.25) is 0 Å². The minimum absolute atomic E-state index is 0.0706. The zero-order valence-electron chi connectivity index (χ0n) is 9.29. The number of anilines is 1. The Morgan fingerprint density at radius 1 is 1.53 bits per heavy atom. The molecule has 6 heteroatoms. The first-order chi connectivity index (χ1) is 8.00. The molecule has 0 saturated carbocycles. The van der Waals surface area contributed by atoms with Gasteiger partial charge in [-0.3, -0.25) is 14.9 Å². The van der Waals surface area contributed by atoms with Crippen molar-refractivity contribution in [2.75, 3.05) is 18.0 Å². The van der Waals surface area contributed by atoms with E-state index in [4.69, 9.17) is 5.11 Å². The Bertz CT molecular complexity index is 480. The minimum atomic E-state index is -0.815. The molecule has 1 aliphatic heterocycles. The lowest BCUT2D eigenvalue weighted by Crippen LogP contribution is -2.50. The molecule has 0 aliphatic carbocycles. The fourth-order valence-electron chi connectivity index (χ4n) is 1.98. The average Bonchev–Trinajstić information content (AvgIpc) is 2.17. The van der Waals surface area contributed by atoms with E-state index in [2.05, 4.69) is 0 Å². The van der Waals surface area contributed by atoms with E-state index in [9.17, 15) is 14.9 Å². The average molecular weight is 236 g/mol. The molecular formula is C11H12N2O4. The molecule has 0 unspecified atom stereocenters. The maximum Gasteiger partial charge on any atom is 0.310 e. The number of carboxylic acids is 1. The molecule has 1 aromatic rings. The van der Waals surface area contributed by atoms with Gasteiger partial charge < -0.3 is 10.0 Å². The summed E-state index contributed by atoms with van der Waals surface area (Å²) in [7, 11) is 0. The number of hydrogen-bond acceptors (Lipinski definition) is 4. The van der Waals surface area contributed by atoms with Crippen LogP contribution in [0.15, 0.2) is 18.2 Å². The maximum atomic E-state index is 10.8. The number of benzene rings is 1. The van der Waals surface area contributed by atoms with Gasteiger partial charge in [0.15, 0.2) is 0 Å². The highest BCUT2D eigenvalue weighted by Gasteiger charge is 2.34. The zero-order valence-corrected chi connectivity index (χ0v) is 9.29. The third-order valence-corrected chi connectivity index (χ3v) is 3.04. The van der Waals surface area contributed by atoms with Gasteiger partial charge in [0.25, 0.3) is 5.69 Å². The largest absolute Gasteiger partial charge is 0.481 e. The first kappa shape index (κ1) is 11.4. The molecule has 0 spiro atoms. The molecule has 0 atom stereocenters. The number of carbonyl (C=O) groups is 1. The van der Waals surface area contributed by atoms with Crippen LogP contribution in [0.25, 0.3) is 0 Å². The van der Waals surface area contributed by atoms with Gasteiger partial charge in [-0.15, -0.1) is 0 Å². The fourth-order valence-corrected chi connectivity index (χ4v) is 1.98. The Hall–Kier alpha value is -2.11. The van der Waals surface area contributed by atoms with Crippen LogP contribution in [0.1, 0.15) is 5.56 Å². The Morgan fingerprint density at radius 3 is 2.71 bits per heavy atom. The van der Waals surface area contributed by atoms with Crippen LogP contribution >= 0.6 is 0 Å². The molecule has 1 N–H and O–H groups in total. The van der Waals surface area contributed by atoms with E-state index in [0.717, 1.165) is 5.69 Å². The summed E-state index contributed by atoms with van der Waals surface area (Å²) in [5, 5.41) is 19.5. The van der Waals surface area contributed by atoms with Crippen molar-refractivity contribution in [3.63, 3.8) is 0 Å². The van der Waals surface area contributed by atoms with Crippen molar-refractivity contribution in [2.24, 2.45) is 5.92 Å². The van der Waals surface area contributed by atoms with Gasteiger partial charge in [0, 0.05) is 24.8 Å².